The minimum absolute atomic E-state index is 0. The van der Waals surface area contributed by atoms with Crippen molar-refractivity contribution in [2.75, 3.05) is 0 Å². The molecule has 0 fully saturated rings. The predicted octanol–water partition coefficient (Wildman–Crippen LogP) is -6.23. The molecular weight excluding hydrogens is 126 g/mol. The zero-order valence-electron chi connectivity index (χ0n) is 3.32. The molecule has 0 atom stereocenters. The Morgan fingerprint density at radius 2 is 0.600 bits per heavy atom. The van der Waals surface area contributed by atoms with Crippen molar-refractivity contribution in [3.8, 4) is 0 Å². The van der Waals surface area contributed by atoms with Crippen molar-refractivity contribution in [3.05, 3.63) is 0 Å². The Hall–Kier alpha value is 2.63. The maximum atomic E-state index is 0. The first-order valence-corrected chi connectivity index (χ1v) is 0. The first-order valence-electron chi connectivity index (χ1n) is 0. The molecule has 0 aromatic carbocycles. The third kappa shape index (κ3) is 20.5. The summed E-state index contributed by atoms with van der Waals surface area (Å²) in [4.78, 5) is 0. The summed E-state index contributed by atoms with van der Waals surface area (Å²) in [5.41, 5.74) is 0. The first-order chi connectivity index (χ1) is 0. The van der Waals surface area contributed by atoms with Crippen LogP contribution < -0.4 is 59.1 Å². The van der Waals surface area contributed by atoms with Gasteiger partial charge in [0.25, 0.3) is 0 Å². The van der Waals surface area contributed by atoms with Gasteiger partial charge >= 0.3 is 80.8 Å². The Bertz CT molecular complexity index is 7.61. The molecule has 0 N–H and O–H groups in total. The summed E-state index contributed by atoms with van der Waals surface area (Å²) in [6, 6.07) is 0. The first kappa shape index (κ1) is 48.4. The molecule has 0 saturated heterocycles. The van der Waals surface area contributed by atoms with E-state index in [1.807, 2.05) is 0 Å². The Morgan fingerprint density at radius 1 is 0.600 bits per heavy atom. The molecule has 5 heteroatoms. The molecule has 5 heavy (non-hydrogen) atoms. The predicted molar refractivity (Wildman–Crippen MR) is 1.37 cm³/mol. The van der Waals surface area contributed by atoms with E-state index >= 15 is 0 Å². The SMILES string of the molecule is [Na+].[Na+].[O-2].[O-2].[Ti+4]. The molecule has 16 valence electrons. The monoisotopic (exact) mass is 126 g/mol. The van der Waals surface area contributed by atoms with Gasteiger partial charge in [-0.3, -0.25) is 0 Å². The van der Waals surface area contributed by atoms with Crippen LogP contribution in [0, 0.1) is 0 Å². The van der Waals surface area contributed by atoms with E-state index in [0.717, 1.165) is 0 Å². The van der Waals surface area contributed by atoms with E-state index in [1.54, 1.807) is 0 Å². The molecule has 0 aromatic rings. The topological polar surface area (TPSA) is 57.0 Å². The van der Waals surface area contributed by atoms with Gasteiger partial charge in [0.05, 0.1) is 0 Å². The van der Waals surface area contributed by atoms with E-state index in [0.29, 0.717) is 0 Å². The molecule has 0 aliphatic rings. The molecule has 0 aromatic heterocycles. The van der Waals surface area contributed by atoms with E-state index in [2.05, 4.69) is 0 Å². The summed E-state index contributed by atoms with van der Waals surface area (Å²) in [6.45, 7) is 0. The molecule has 0 rings (SSSR count). The van der Waals surface area contributed by atoms with E-state index in [1.165, 1.54) is 0 Å². The van der Waals surface area contributed by atoms with Gasteiger partial charge in [0.1, 0.15) is 0 Å². The van der Waals surface area contributed by atoms with Gasteiger partial charge in [0.2, 0.25) is 0 Å². The van der Waals surface area contributed by atoms with Gasteiger partial charge in [-0.25, -0.2) is 0 Å². The van der Waals surface area contributed by atoms with Gasteiger partial charge < -0.3 is 11.0 Å². The number of hydrogen-bond donors (Lipinski definition) is 0. The van der Waals surface area contributed by atoms with Crippen LogP contribution in [0.2, 0.25) is 0 Å². The van der Waals surface area contributed by atoms with E-state index in [-0.39, 0.29) is 91.8 Å². The Kier molecular flexibility index (Phi) is 294. The van der Waals surface area contributed by atoms with Crippen molar-refractivity contribution in [3.63, 3.8) is 0 Å². The number of rotatable bonds is 0. The largest absolute Gasteiger partial charge is 4.00 e. The summed E-state index contributed by atoms with van der Waals surface area (Å²) in [7, 11) is 0. The summed E-state index contributed by atoms with van der Waals surface area (Å²) >= 11 is 0. The van der Waals surface area contributed by atoms with Gasteiger partial charge in [0, 0.05) is 0 Å². The Balaban J connectivity index is 0. The van der Waals surface area contributed by atoms with Gasteiger partial charge in [-0.05, 0) is 0 Å². The second-order valence-corrected chi connectivity index (χ2v) is 0. The smallest absolute Gasteiger partial charge is 2.00 e. The van der Waals surface area contributed by atoms with Crippen LogP contribution in [0.25, 0.3) is 0 Å². The summed E-state index contributed by atoms with van der Waals surface area (Å²) in [5.74, 6) is 0. The quantitative estimate of drug-likeness (QED) is 0.290. The van der Waals surface area contributed by atoms with Crippen molar-refractivity contribution in [1.82, 2.24) is 0 Å². The second-order valence-electron chi connectivity index (χ2n) is 0. The molecule has 0 aliphatic carbocycles. The molecule has 0 aliphatic heterocycles. The van der Waals surface area contributed by atoms with E-state index in [4.69, 9.17) is 0 Å². The van der Waals surface area contributed by atoms with Gasteiger partial charge in [-0.1, -0.05) is 0 Å². The summed E-state index contributed by atoms with van der Waals surface area (Å²) in [6.07, 6.45) is 0. The number of hydrogen-bond acceptors (Lipinski definition) is 0. The third-order valence-corrected chi connectivity index (χ3v) is 0. The minimum atomic E-state index is 0. The second kappa shape index (κ2) is 30.3. The Morgan fingerprint density at radius 3 is 0.600 bits per heavy atom. The fraction of sp³-hybridized carbons (Fsp3) is 0. The summed E-state index contributed by atoms with van der Waals surface area (Å²) < 4.78 is 0. The molecule has 0 radical (unpaired) electrons. The minimum Gasteiger partial charge on any atom is -2.00 e. The van der Waals surface area contributed by atoms with Gasteiger partial charge in [-0.2, -0.15) is 0 Å². The van der Waals surface area contributed by atoms with E-state index in [9.17, 15) is 0 Å². The van der Waals surface area contributed by atoms with Crippen LogP contribution in [0.15, 0.2) is 0 Å². The molecule has 0 spiro atoms. The Labute approximate surface area is 90.2 Å². The van der Waals surface area contributed by atoms with Crippen LogP contribution in [0.3, 0.4) is 0 Å². The van der Waals surface area contributed by atoms with Crippen LogP contribution in [-0.4, -0.2) is 0 Å². The molecule has 0 heterocycles. The fourth-order valence-corrected chi connectivity index (χ4v) is 0. The third-order valence-electron chi connectivity index (χ3n) is 0. The molecule has 0 unspecified atom stereocenters. The maximum absolute atomic E-state index is 0. The normalized spacial score (nSPS) is 0. The molecule has 0 saturated carbocycles. The average Bonchev–Trinajstić information content (AvgIpc) is 0. The van der Waals surface area contributed by atoms with Gasteiger partial charge in [0.15, 0.2) is 0 Å². The summed E-state index contributed by atoms with van der Waals surface area (Å²) in [5, 5.41) is 0. The average molecular weight is 126 g/mol. The molecular formula is Na2O2Ti+2. The zero-order valence-corrected chi connectivity index (χ0v) is 8.88. The van der Waals surface area contributed by atoms with Crippen LogP contribution in [0.1, 0.15) is 0 Å². The zero-order chi connectivity index (χ0) is 0. The molecule has 0 bridgehead atoms. The van der Waals surface area contributed by atoms with Gasteiger partial charge in [-0.15, -0.1) is 0 Å². The maximum Gasteiger partial charge on any atom is 4.00 e. The van der Waals surface area contributed by atoms with Crippen molar-refractivity contribution >= 4 is 0 Å². The standard InChI is InChI=1S/2Na.2O.Ti/q2*+1;2*-2;+4. The van der Waals surface area contributed by atoms with Crippen LogP contribution in [0.4, 0.5) is 0 Å². The van der Waals surface area contributed by atoms with Crippen LogP contribution in [-0.2, 0) is 32.7 Å². The van der Waals surface area contributed by atoms with E-state index < -0.39 is 0 Å². The molecule has 2 nitrogen and oxygen atoms in total. The van der Waals surface area contributed by atoms with Crippen molar-refractivity contribution in [2.45, 2.75) is 0 Å². The van der Waals surface area contributed by atoms with Crippen LogP contribution >= 0.6 is 0 Å². The fourth-order valence-electron chi connectivity index (χ4n) is 0. The van der Waals surface area contributed by atoms with Crippen molar-refractivity contribution in [2.24, 2.45) is 0 Å². The van der Waals surface area contributed by atoms with Crippen LogP contribution in [0.5, 0.6) is 0 Å². The molecule has 0 amide bonds. The van der Waals surface area contributed by atoms with Crippen molar-refractivity contribution in [1.29, 1.82) is 0 Å². The van der Waals surface area contributed by atoms with Crippen molar-refractivity contribution < 1.29 is 91.8 Å².